The highest BCUT2D eigenvalue weighted by Crippen LogP contribution is 2.38. The molecule has 0 fully saturated rings. The van der Waals surface area contributed by atoms with E-state index in [4.69, 9.17) is 31.8 Å². The van der Waals surface area contributed by atoms with Gasteiger partial charge in [-0.25, -0.2) is 15.0 Å². The zero-order valence-electron chi connectivity index (χ0n) is 47.2. The van der Waals surface area contributed by atoms with Crippen LogP contribution in [0.3, 0.4) is 0 Å². The van der Waals surface area contributed by atoms with Gasteiger partial charge in [-0.2, -0.15) is 0 Å². The van der Waals surface area contributed by atoms with Crippen molar-refractivity contribution < 1.29 is 38.7 Å². The first-order valence-electron chi connectivity index (χ1n) is 25.5. The number of fused-ring (bicyclic) bond motifs is 5. The molecule has 9 aromatic rings. The third kappa shape index (κ3) is 4.27. The summed E-state index contributed by atoms with van der Waals surface area (Å²) in [5.74, 6) is -2.53. The molecule has 9 rings (SSSR count). The van der Waals surface area contributed by atoms with Gasteiger partial charge in [0.2, 0.25) is 0 Å². The second-order valence-corrected chi connectivity index (χ2v) is 9.32. The fourth-order valence-corrected chi connectivity index (χ4v) is 4.80. The lowest BCUT2D eigenvalue weighted by atomic mass is 9.94. The van der Waals surface area contributed by atoms with Gasteiger partial charge in [0.15, 0.2) is 17.5 Å². The molecule has 0 aliphatic rings. The number of nitrogens with zero attached hydrogens (tertiary/aromatic N) is 3. The van der Waals surface area contributed by atoms with Crippen LogP contribution in [-0.4, -0.2) is 15.0 Å². The Morgan fingerprint density at radius 1 is 0.400 bits per heavy atom. The number of benzene rings is 7. The molecule has 7 aromatic carbocycles. The van der Waals surface area contributed by atoms with Crippen molar-refractivity contribution in [2.24, 2.45) is 0 Å². The minimum absolute atomic E-state index is 0.434. The molecule has 0 radical (unpaired) electrons. The molecule has 0 saturated heterocycles. The first-order valence-corrected chi connectivity index (χ1v) is 13.0. The molecule has 4 nitrogen and oxygen atoms in total. The van der Waals surface area contributed by atoms with E-state index in [1.807, 2.05) is 0 Å². The fraction of sp³-hybridized carbons (Fsp3) is 0. The van der Waals surface area contributed by atoms with Gasteiger partial charge in [-0.15, -0.1) is 0 Å². The fourth-order valence-electron chi connectivity index (χ4n) is 4.80. The average Bonchev–Trinajstić information content (AvgIpc) is 3.73. The highest BCUT2D eigenvalue weighted by atomic mass is 16.3. The van der Waals surface area contributed by atoms with E-state index in [0.717, 1.165) is 0 Å². The monoisotopic (exact) mass is 600 g/mol. The summed E-state index contributed by atoms with van der Waals surface area (Å²) in [6, 6.07) is -21.6. The summed E-state index contributed by atoms with van der Waals surface area (Å²) in [7, 11) is 0. The van der Waals surface area contributed by atoms with E-state index in [2.05, 4.69) is 15.0 Å². The van der Waals surface area contributed by atoms with Crippen LogP contribution in [0.1, 0.15) is 34.3 Å². The largest absolute Gasteiger partial charge is 0.456 e. The van der Waals surface area contributed by atoms with Crippen molar-refractivity contribution in [3.63, 3.8) is 0 Å². The molecule has 2 heterocycles. The van der Waals surface area contributed by atoms with Gasteiger partial charge >= 0.3 is 0 Å². The van der Waals surface area contributed by atoms with E-state index in [0.29, 0.717) is 0 Å². The van der Waals surface area contributed by atoms with E-state index < -0.39 is 240 Å². The van der Waals surface area contributed by atoms with Crippen molar-refractivity contribution in [3.05, 3.63) is 151 Å². The molecular weight excluding hydrogens is 550 g/mol. The first kappa shape index (κ1) is 10.8. The smallest absolute Gasteiger partial charge is 0.164 e. The maximum absolute atomic E-state index is 9.50. The molecule has 0 bridgehead atoms. The van der Waals surface area contributed by atoms with Gasteiger partial charge in [-0.3, -0.25) is 0 Å². The van der Waals surface area contributed by atoms with E-state index in [1.165, 1.54) is 0 Å². The second-order valence-electron chi connectivity index (χ2n) is 9.32. The van der Waals surface area contributed by atoms with Crippen molar-refractivity contribution in [3.8, 4) is 45.3 Å². The summed E-state index contributed by atoms with van der Waals surface area (Å²) >= 11 is 0. The van der Waals surface area contributed by atoms with Crippen LogP contribution in [0.2, 0.25) is 0 Å². The molecule has 0 unspecified atom stereocenters. The van der Waals surface area contributed by atoms with E-state index >= 15 is 0 Å². The second kappa shape index (κ2) is 10.2. The maximum Gasteiger partial charge on any atom is 0.164 e. The summed E-state index contributed by atoms with van der Waals surface area (Å²) in [5, 5.41) is -3.38. The van der Waals surface area contributed by atoms with Gasteiger partial charge in [0.1, 0.15) is 11.2 Å². The summed E-state index contributed by atoms with van der Waals surface area (Å²) in [6.07, 6.45) is 0. The van der Waals surface area contributed by atoms with Crippen LogP contribution in [0.15, 0.2) is 155 Å². The van der Waals surface area contributed by atoms with Crippen molar-refractivity contribution in [1.82, 2.24) is 15.0 Å². The quantitative estimate of drug-likeness (QED) is 0.202. The zero-order chi connectivity index (χ0) is 51.5. The lowest BCUT2D eigenvalue weighted by molar-refractivity contribution is 0.669. The molecule has 0 amide bonds. The van der Waals surface area contributed by atoms with Crippen molar-refractivity contribution in [1.29, 1.82) is 0 Å². The van der Waals surface area contributed by atoms with E-state index in [-0.39, 0.29) is 0 Å². The minimum atomic E-state index is -1.02. The van der Waals surface area contributed by atoms with E-state index in [1.54, 1.807) is 0 Å². The van der Waals surface area contributed by atoms with Crippen LogP contribution in [0, 0.1) is 0 Å². The summed E-state index contributed by atoms with van der Waals surface area (Å²) in [6.45, 7) is 0. The Kier molecular flexibility index (Phi) is 2.46. The molecule has 45 heavy (non-hydrogen) atoms. The Balaban J connectivity index is 1.55. The molecule has 0 aliphatic heterocycles. The number of furan rings is 1. The third-order valence-electron chi connectivity index (χ3n) is 6.75. The molecule has 210 valence electrons. The Bertz CT molecular complexity index is 3940. The Labute approximate surface area is 294 Å². The number of rotatable bonds is 4. The Morgan fingerprint density at radius 2 is 1.02 bits per heavy atom. The number of para-hydroxylation sites is 1. The molecule has 4 heteroatoms. The lowest BCUT2D eigenvalue weighted by Gasteiger charge is -2.13. The SMILES string of the molecule is [2H]c1c([2H])c([2H])c(-c2c([2H])c([2H])c(-c3nc(-c4c([2H])c([2H])c5c([2H])c([2H])c([2H])c([2H])c5c4[2H])nc(-c4c([2H])c([2H])c([2H])c5oc6c([2H])c([2H])c([2H])c([2H])c6c45)n3)c3c([2H])c([2H])c([2H])c([2H])c23)c([2H])c1[2H]. The lowest BCUT2D eigenvalue weighted by Crippen LogP contribution is -2.01. The van der Waals surface area contributed by atoms with Crippen molar-refractivity contribution >= 4 is 43.5 Å². The van der Waals surface area contributed by atoms with Gasteiger partial charge in [0.05, 0.1) is 34.3 Å². The van der Waals surface area contributed by atoms with Crippen LogP contribution in [0.25, 0.3) is 88.8 Å². The first-order chi connectivity index (χ1) is 32.7. The van der Waals surface area contributed by atoms with Gasteiger partial charge < -0.3 is 4.42 Å². The number of aromatic nitrogens is 3. The summed E-state index contributed by atoms with van der Waals surface area (Å²) in [5.41, 5.74) is -4.67. The average molecular weight is 601 g/mol. The van der Waals surface area contributed by atoms with Crippen LogP contribution >= 0.6 is 0 Å². The predicted molar refractivity (Wildman–Crippen MR) is 184 cm³/mol. The molecular formula is C41H25N3O. The normalized spacial score (nSPS) is 19.3. The topological polar surface area (TPSA) is 51.8 Å². The Hall–Kier alpha value is -6.13. The standard InChI is InChI=1S/C41H25N3O/c1-2-12-27(13-3-1)30-23-24-33(32-16-7-6-15-31(30)32)40-42-39(29-22-21-26-11-4-5-14-28(26)25-29)43-41(44-40)35-18-10-20-37-38(35)34-17-8-9-19-36(34)45-37/h1-25H/i1D,2D,3D,4D,5D,6D,7D,8D,9D,10D,11D,12D,13D,14D,15D,16D,17D,18D,19D,20D,21D,22D,23D,24D,25D. The molecule has 0 atom stereocenters. The molecule has 0 spiro atoms. The molecule has 0 saturated carbocycles. The summed E-state index contributed by atoms with van der Waals surface area (Å²) in [4.78, 5) is 13.4. The third-order valence-corrected chi connectivity index (χ3v) is 6.75. The van der Waals surface area contributed by atoms with Crippen molar-refractivity contribution in [2.45, 2.75) is 0 Å². The van der Waals surface area contributed by atoms with Crippen LogP contribution in [-0.2, 0) is 0 Å². The number of hydrogen-bond donors (Lipinski definition) is 0. The highest BCUT2D eigenvalue weighted by Gasteiger charge is 2.19. The molecule has 0 N–H and O–H groups in total. The van der Waals surface area contributed by atoms with Crippen LogP contribution in [0.5, 0.6) is 0 Å². The Morgan fingerprint density at radius 3 is 1.87 bits per heavy atom. The van der Waals surface area contributed by atoms with Gasteiger partial charge in [-0.05, 0) is 56.8 Å². The number of hydrogen-bond acceptors (Lipinski definition) is 4. The zero-order valence-corrected chi connectivity index (χ0v) is 22.2. The van der Waals surface area contributed by atoms with E-state index in [9.17, 15) is 6.85 Å². The maximum atomic E-state index is 9.50. The van der Waals surface area contributed by atoms with Gasteiger partial charge in [0, 0.05) is 27.5 Å². The predicted octanol–water partition coefficient (Wildman–Crippen LogP) is 10.7. The summed E-state index contributed by atoms with van der Waals surface area (Å²) < 4.78 is 225. The molecule has 2 aromatic heterocycles. The molecule has 0 aliphatic carbocycles. The highest BCUT2D eigenvalue weighted by molar-refractivity contribution is 6.12. The van der Waals surface area contributed by atoms with Gasteiger partial charge in [-0.1, -0.05) is 127 Å². The minimum Gasteiger partial charge on any atom is -0.456 e. The van der Waals surface area contributed by atoms with Crippen molar-refractivity contribution in [2.75, 3.05) is 0 Å². The van der Waals surface area contributed by atoms with Crippen LogP contribution < -0.4 is 0 Å². The van der Waals surface area contributed by atoms with Gasteiger partial charge in [0.25, 0.3) is 0 Å². The van der Waals surface area contributed by atoms with Crippen LogP contribution in [0.4, 0.5) is 0 Å².